The first-order valence-corrected chi connectivity index (χ1v) is 4.44. The fourth-order valence-electron chi connectivity index (χ4n) is 1.69. The number of fused-ring (bicyclic) bond motifs is 1. The van der Waals surface area contributed by atoms with E-state index in [9.17, 15) is 13.2 Å². The SMILES string of the molecule is Cl.FC(F)(F)[C@H]1Cc2ccccc2CN1. The molecule has 0 bridgehead atoms. The molecule has 1 aliphatic heterocycles. The van der Waals surface area contributed by atoms with Crippen LogP contribution in [0.1, 0.15) is 11.1 Å². The summed E-state index contributed by atoms with van der Waals surface area (Å²) in [6.45, 7) is 0.306. The molecule has 1 aromatic rings. The van der Waals surface area contributed by atoms with Crippen LogP contribution in [0, 0.1) is 0 Å². The standard InChI is InChI=1S/C10H10F3N.ClH/c11-10(12,13)9-5-7-3-1-2-4-8(7)6-14-9;/h1-4,9,14H,5-6H2;1H/t9-;/m1./s1. The Morgan fingerprint density at radius 3 is 2.33 bits per heavy atom. The van der Waals surface area contributed by atoms with Gasteiger partial charge in [0, 0.05) is 6.54 Å². The average molecular weight is 238 g/mol. The first-order chi connectivity index (χ1) is 6.57. The highest BCUT2D eigenvalue weighted by molar-refractivity contribution is 5.85. The van der Waals surface area contributed by atoms with Gasteiger partial charge in [0.05, 0.1) is 0 Å². The fourth-order valence-corrected chi connectivity index (χ4v) is 1.69. The van der Waals surface area contributed by atoms with Gasteiger partial charge in [-0.1, -0.05) is 24.3 Å². The van der Waals surface area contributed by atoms with Gasteiger partial charge in [-0.2, -0.15) is 13.2 Å². The van der Waals surface area contributed by atoms with Gasteiger partial charge < -0.3 is 5.32 Å². The highest BCUT2D eigenvalue weighted by Gasteiger charge is 2.40. The van der Waals surface area contributed by atoms with Gasteiger partial charge in [-0.3, -0.25) is 0 Å². The van der Waals surface area contributed by atoms with Crippen molar-refractivity contribution < 1.29 is 13.2 Å². The van der Waals surface area contributed by atoms with Crippen LogP contribution < -0.4 is 5.32 Å². The van der Waals surface area contributed by atoms with E-state index in [1.807, 2.05) is 12.1 Å². The lowest BCUT2D eigenvalue weighted by molar-refractivity contribution is -0.157. The number of nitrogens with one attached hydrogen (secondary N) is 1. The molecule has 15 heavy (non-hydrogen) atoms. The smallest absolute Gasteiger partial charge is 0.302 e. The van der Waals surface area contributed by atoms with Crippen molar-refractivity contribution in [2.45, 2.75) is 25.2 Å². The Morgan fingerprint density at radius 2 is 1.73 bits per heavy atom. The Labute approximate surface area is 92.1 Å². The van der Waals surface area contributed by atoms with Gasteiger partial charge in [0.15, 0.2) is 0 Å². The lowest BCUT2D eigenvalue weighted by Gasteiger charge is -2.27. The Hall–Kier alpha value is -0.740. The molecule has 1 heterocycles. The molecule has 0 spiro atoms. The van der Waals surface area contributed by atoms with Crippen LogP contribution in [0.25, 0.3) is 0 Å². The zero-order valence-electron chi connectivity index (χ0n) is 7.84. The lowest BCUT2D eigenvalue weighted by Crippen LogP contribution is -2.46. The van der Waals surface area contributed by atoms with Crippen molar-refractivity contribution in [1.82, 2.24) is 5.32 Å². The summed E-state index contributed by atoms with van der Waals surface area (Å²) in [5.41, 5.74) is 1.77. The summed E-state index contributed by atoms with van der Waals surface area (Å²) in [4.78, 5) is 0. The second-order valence-electron chi connectivity index (χ2n) is 3.45. The zero-order chi connectivity index (χ0) is 10.2. The Kier molecular flexibility index (Phi) is 3.62. The van der Waals surface area contributed by atoms with Gasteiger partial charge in [0.25, 0.3) is 0 Å². The molecule has 1 atom stereocenters. The number of halogens is 4. The monoisotopic (exact) mass is 237 g/mol. The summed E-state index contributed by atoms with van der Waals surface area (Å²) in [7, 11) is 0. The second kappa shape index (κ2) is 4.41. The highest BCUT2D eigenvalue weighted by atomic mass is 35.5. The van der Waals surface area contributed by atoms with Crippen LogP contribution in [0.2, 0.25) is 0 Å². The van der Waals surface area contributed by atoms with Gasteiger partial charge >= 0.3 is 6.18 Å². The lowest BCUT2D eigenvalue weighted by atomic mass is 9.96. The predicted octanol–water partition coefficient (Wildman–Crippen LogP) is 2.69. The van der Waals surface area contributed by atoms with Crippen LogP contribution in [-0.2, 0) is 13.0 Å². The minimum absolute atomic E-state index is 0. The number of rotatable bonds is 0. The van der Waals surface area contributed by atoms with Gasteiger partial charge in [-0.15, -0.1) is 12.4 Å². The van der Waals surface area contributed by atoms with Crippen molar-refractivity contribution in [3.05, 3.63) is 35.4 Å². The summed E-state index contributed by atoms with van der Waals surface area (Å²) in [6.07, 6.45) is -4.10. The summed E-state index contributed by atoms with van der Waals surface area (Å²) in [6, 6.07) is 5.84. The summed E-state index contributed by atoms with van der Waals surface area (Å²) in [5.74, 6) is 0. The van der Waals surface area contributed by atoms with E-state index in [-0.39, 0.29) is 18.8 Å². The van der Waals surface area contributed by atoms with Crippen molar-refractivity contribution in [2.75, 3.05) is 0 Å². The van der Waals surface area contributed by atoms with Crippen LogP contribution in [0.3, 0.4) is 0 Å². The molecule has 1 aromatic carbocycles. The molecule has 0 aliphatic carbocycles. The molecule has 1 nitrogen and oxygen atoms in total. The molecule has 1 N–H and O–H groups in total. The molecule has 2 rings (SSSR count). The maximum atomic E-state index is 12.4. The van der Waals surface area contributed by atoms with Gasteiger partial charge in [0.1, 0.15) is 6.04 Å². The molecule has 0 aromatic heterocycles. The Balaban J connectivity index is 0.00000112. The molecule has 0 radical (unpaired) electrons. The fraction of sp³-hybridized carbons (Fsp3) is 0.400. The number of hydrogen-bond donors (Lipinski definition) is 1. The van der Waals surface area contributed by atoms with E-state index in [0.29, 0.717) is 6.54 Å². The van der Waals surface area contributed by atoms with Crippen LogP contribution in [0.15, 0.2) is 24.3 Å². The minimum Gasteiger partial charge on any atom is -0.302 e. The molecule has 84 valence electrons. The van der Waals surface area contributed by atoms with Crippen molar-refractivity contribution in [2.24, 2.45) is 0 Å². The molecule has 5 heteroatoms. The summed E-state index contributed by atoms with van der Waals surface area (Å²) >= 11 is 0. The van der Waals surface area contributed by atoms with Crippen LogP contribution in [0.4, 0.5) is 13.2 Å². The van der Waals surface area contributed by atoms with E-state index in [1.54, 1.807) is 12.1 Å². The van der Waals surface area contributed by atoms with Gasteiger partial charge in [-0.25, -0.2) is 0 Å². The average Bonchev–Trinajstić information content (AvgIpc) is 2.16. The third-order valence-electron chi connectivity index (χ3n) is 2.48. The molecule has 0 amide bonds. The van der Waals surface area contributed by atoms with E-state index in [2.05, 4.69) is 5.32 Å². The summed E-state index contributed by atoms with van der Waals surface area (Å²) < 4.78 is 37.1. The van der Waals surface area contributed by atoms with E-state index in [4.69, 9.17) is 0 Å². The molecule has 0 saturated heterocycles. The topological polar surface area (TPSA) is 12.0 Å². The van der Waals surface area contributed by atoms with E-state index in [1.165, 1.54) is 0 Å². The van der Waals surface area contributed by atoms with Crippen molar-refractivity contribution in [3.63, 3.8) is 0 Å². The van der Waals surface area contributed by atoms with E-state index < -0.39 is 12.2 Å². The van der Waals surface area contributed by atoms with Crippen molar-refractivity contribution in [1.29, 1.82) is 0 Å². The maximum absolute atomic E-state index is 12.4. The van der Waals surface area contributed by atoms with Gasteiger partial charge in [-0.05, 0) is 17.5 Å². The third kappa shape index (κ3) is 2.63. The molecular formula is C10H11ClF3N. The molecule has 1 aliphatic rings. The first-order valence-electron chi connectivity index (χ1n) is 4.44. The summed E-state index contributed by atoms with van der Waals surface area (Å²) in [5, 5.41) is 2.49. The van der Waals surface area contributed by atoms with E-state index >= 15 is 0 Å². The van der Waals surface area contributed by atoms with Crippen LogP contribution >= 0.6 is 12.4 Å². The molecule has 0 fully saturated rings. The van der Waals surface area contributed by atoms with Crippen molar-refractivity contribution >= 4 is 12.4 Å². The second-order valence-corrected chi connectivity index (χ2v) is 3.45. The minimum atomic E-state index is -4.15. The Morgan fingerprint density at radius 1 is 1.13 bits per heavy atom. The largest absolute Gasteiger partial charge is 0.404 e. The van der Waals surface area contributed by atoms with E-state index in [0.717, 1.165) is 11.1 Å². The van der Waals surface area contributed by atoms with Crippen LogP contribution in [0.5, 0.6) is 0 Å². The van der Waals surface area contributed by atoms with Gasteiger partial charge in [0.2, 0.25) is 0 Å². The number of alkyl halides is 3. The van der Waals surface area contributed by atoms with Crippen LogP contribution in [-0.4, -0.2) is 12.2 Å². The highest BCUT2D eigenvalue weighted by Crippen LogP contribution is 2.27. The van der Waals surface area contributed by atoms with Crippen molar-refractivity contribution in [3.8, 4) is 0 Å². The number of hydrogen-bond acceptors (Lipinski definition) is 1. The molecule has 0 unspecified atom stereocenters. The maximum Gasteiger partial charge on any atom is 0.404 e. The number of benzene rings is 1. The first kappa shape index (κ1) is 12.3. The predicted molar refractivity (Wildman–Crippen MR) is 54.1 cm³/mol. The quantitative estimate of drug-likeness (QED) is 0.732. The Bertz CT molecular complexity index is 338. The third-order valence-corrected chi connectivity index (χ3v) is 2.48. The molecule has 0 saturated carbocycles. The zero-order valence-corrected chi connectivity index (χ0v) is 8.66. The molecular weight excluding hydrogens is 227 g/mol. The normalized spacial score (nSPS) is 20.3.